The lowest BCUT2D eigenvalue weighted by atomic mass is 10.1. The molecule has 0 saturated carbocycles. The number of imidazole rings is 1. The van der Waals surface area contributed by atoms with Crippen molar-refractivity contribution < 1.29 is 13.2 Å². The number of piperazine rings is 1. The quantitative estimate of drug-likeness (QED) is 0.758. The van der Waals surface area contributed by atoms with Crippen LogP contribution in [0.3, 0.4) is 0 Å². The number of nitrogens with zero attached hydrogens (tertiary/aromatic N) is 4. The van der Waals surface area contributed by atoms with Gasteiger partial charge in [0.1, 0.15) is 0 Å². The van der Waals surface area contributed by atoms with E-state index in [0.717, 1.165) is 44.0 Å². The predicted molar refractivity (Wildman–Crippen MR) is 97.7 cm³/mol. The van der Waals surface area contributed by atoms with Crippen LogP contribution in [0, 0.1) is 0 Å². The first-order valence-corrected chi connectivity index (χ1v) is 8.63. The molecule has 3 heterocycles. The highest BCUT2D eigenvalue weighted by Gasteiger charge is 2.30. The molecule has 1 N–H and O–H groups in total. The summed E-state index contributed by atoms with van der Waals surface area (Å²) in [5.74, 6) is 0.674. The highest BCUT2D eigenvalue weighted by molar-refractivity contribution is 5.62. The Morgan fingerprint density at radius 1 is 0.926 bits per heavy atom. The molecule has 0 spiro atoms. The highest BCUT2D eigenvalue weighted by atomic mass is 19.4. The van der Waals surface area contributed by atoms with Gasteiger partial charge in [0, 0.05) is 37.9 Å². The second-order valence-electron chi connectivity index (χ2n) is 6.38. The van der Waals surface area contributed by atoms with Gasteiger partial charge in [-0.1, -0.05) is 12.1 Å². The van der Waals surface area contributed by atoms with Crippen molar-refractivity contribution in [1.82, 2.24) is 15.0 Å². The van der Waals surface area contributed by atoms with E-state index in [1.54, 1.807) is 18.5 Å². The number of aromatic amines is 1. The summed E-state index contributed by atoms with van der Waals surface area (Å²) in [6, 6.07) is 9.20. The second kappa shape index (κ2) is 6.94. The number of hydrogen-bond acceptors (Lipinski definition) is 4. The fourth-order valence-corrected chi connectivity index (χ4v) is 3.20. The molecule has 1 saturated heterocycles. The van der Waals surface area contributed by atoms with Gasteiger partial charge >= 0.3 is 6.18 Å². The Balaban J connectivity index is 1.46. The van der Waals surface area contributed by atoms with Gasteiger partial charge in [0.25, 0.3) is 0 Å². The SMILES string of the molecule is FC(F)(F)c1cccc(-c2cnc(N3CCN(c4cccnc4)CC3)[nH]2)c1. The number of alkyl halides is 3. The molecule has 1 aromatic carbocycles. The van der Waals surface area contributed by atoms with Crippen molar-refractivity contribution in [2.24, 2.45) is 0 Å². The number of hydrogen-bond donors (Lipinski definition) is 1. The van der Waals surface area contributed by atoms with Gasteiger partial charge < -0.3 is 14.8 Å². The molecule has 1 fully saturated rings. The number of halogens is 3. The fourth-order valence-electron chi connectivity index (χ4n) is 3.20. The topological polar surface area (TPSA) is 48.1 Å². The predicted octanol–water partition coefficient (Wildman–Crippen LogP) is 3.82. The zero-order valence-electron chi connectivity index (χ0n) is 14.4. The molecule has 8 heteroatoms. The minimum Gasteiger partial charge on any atom is -0.367 e. The maximum atomic E-state index is 12.9. The zero-order chi connectivity index (χ0) is 18.9. The maximum Gasteiger partial charge on any atom is 0.416 e. The third kappa shape index (κ3) is 3.74. The van der Waals surface area contributed by atoms with Crippen LogP contribution < -0.4 is 9.80 Å². The molecule has 0 aliphatic carbocycles. The number of rotatable bonds is 3. The van der Waals surface area contributed by atoms with Crippen LogP contribution in [0.4, 0.5) is 24.8 Å². The van der Waals surface area contributed by atoms with Crippen LogP contribution in [0.15, 0.2) is 55.0 Å². The molecule has 1 aliphatic heterocycles. The smallest absolute Gasteiger partial charge is 0.367 e. The summed E-state index contributed by atoms with van der Waals surface area (Å²) < 4.78 is 38.7. The van der Waals surface area contributed by atoms with Gasteiger partial charge in [-0.15, -0.1) is 0 Å². The van der Waals surface area contributed by atoms with Crippen LogP contribution in [0.25, 0.3) is 11.3 Å². The van der Waals surface area contributed by atoms with Gasteiger partial charge in [0.15, 0.2) is 0 Å². The van der Waals surface area contributed by atoms with Gasteiger partial charge in [-0.3, -0.25) is 4.98 Å². The van der Waals surface area contributed by atoms with Crippen LogP contribution in [0.1, 0.15) is 5.56 Å². The molecule has 0 atom stereocenters. The Morgan fingerprint density at radius 3 is 2.41 bits per heavy atom. The Hall–Kier alpha value is -3.03. The molecular weight excluding hydrogens is 355 g/mol. The molecule has 2 aromatic heterocycles. The molecule has 0 amide bonds. The monoisotopic (exact) mass is 373 g/mol. The van der Waals surface area contributed by atoms with Gasteiger partial charge in [0.05, 0.1) is 29.3 Å². The Bertz CT molecular complexity index is 899. The molecule has 140 valence electrons. The van der Waals surface area contributed by atoms with E-state index in [9.17, 15) is 13.2 Å². The molecule has 27 heavy (non-hydrogen) atoms. The molecular formula is C19H18F3N5. The lowest BCUT2D eigenvalue weighted by Crippen LogP contribution is -2.47. The van der Waals surface area contributed by atoms with Gasteiger partial charge in [0.2, 0.25) is 5.95 Å². The van der Waals surface area contributed by atoms with E-state index < -0.39 is 11.7 Å². The van der Waals surface area contributed by atoms with Gasteiger partial charge in [-0.05, 0) is 24.3 Å². The number of pyridine rings is 1. The average molecular weight is 373 g/mol. The minimum atomic E-state index is -4.36. The van der Waals surface area contributed by atoms with Crippen molar-refractivity contribution >= 4 is 11.6 Å². The second-order valence-corrected chi connectivity index (χ2v) is 6.38. The van der Waals surface area contributed by atoms with Crippen LogP contribution in [0.2, 0.25) is 0 Å². The van der Waals surface area contributed by atoms with E-state index >= 15 is 0 Å². The van der Waals surface area contributed by atoms with Crippen LogP contribution in [-0.2, 0) is 6.18 Å². The summed E-state index contributed by atoms with van der Waals surface area (Å²) in [7, 11) is 0. The van der Waals surface area contributed by atoms with Crippen LogP contribution >= 0.6 is 0 Å². The van der Waals surface area contributed by atoms with E-state index in [-0.39, 0.29) is 0 Å². The number of H-pyrrole nitrogens is 1. The number of anilines is 2. The first kappa shape index (κ1) is 17.4. The molecule has 4 rings (SSSR count). The summed E-state index contributed by atoms with van der Waals surface area (Å²) in [5, 5.41) is 0. The highest BCUT2D eigenvalue weighted by Crippen LogP contribution is 2.32. The van der Waals surface area contributed by atoms with Crippen molar-refractivity contribution in [3.8, 4) is 11.3 Å². The first-order valence-electron chi connectivity index (χ1n) is 8.63. The van der Waals surface area contributed by atoms with Crippen molar-refractivity contribution in [3.63, 3.8) is 0 Å². The normalized spacial score (nSPS) is 15.2. The zero-order valence-corrected chi connectivity index (χ0v) is 14.4. The Labute approximate surface area is 154 Å². The molecule has 0 bridgehead atoms. The third-order valence-corrected chi connectivity index (χ3v) is 4.65. The summed E-state index contributed by atoms with van der Waals surface area (Å²) in [6.45, 7) is 3.19. The summed E-state index contributed by atoms with van der Waals surface area (Å²) in [6.07, 6.45) is 0.812. The van der Waals surface area contributed by atoms with Crippen molar-refractivity contribution in [1.29, 1.82) is 0 Å². The number of benzene rings is 1. The molecule has 0 radical (unpaired) electrons. The van der Waals surface area contributed by atoms with Crippen molar-refractivity contribution in [2.45, 2.75) is 6.18 Å². The lowest BCUT2D eigenvalue weighted by Gasteiger charge is -2.35. The molecule has 0 unspecified atom stereocenters. The van der Waals surface area contributed by atoms with Crippen molar-refractivity contribution in [2.75, 3.05) is 36.0 Å². The van der Waals surface area contributed by atoms with Gasteiger partial charge in [-0.25, -0.2) is 4.98 Å². The first-order chi connectivity index (χ1) is 13.0. The van der Waals surface area contributed by atoms with E-state index in [0.29, 0.717) is 17.2 Å². The Kier molecular flexibility index (Phi) is 4.47. The van der Waals surface area contributed by atoms with Crippen molar-refractivity contribution in [3.05, 3.63) is 60.6 Å². The molecule has 1 aliphatic rings. The van der Waals surface area contributed by atoms with E-state index in [1.165, 1.54) is 6.07 Å². The largest absolute Gasteiger partial charge is 0.416 e. The van der Waals surface area contributed by atoms with E-state index in [2.05, 4.69) is 24.8 Å². The van der Waals surface area contributed by atoms with E-state index in [4.69, 9.17) is 0 Å². The lowest BCUT2D eigenvalue weighted by molar-refractivity contribution is -0.137. The fraction of sp³-hybridized carbons (Fsp3) is 0.263. The van der Waals surface area contributed by atoms with Crippen LogP contribution in [0.5, 0.6) is 0 Å². The summed E-state index contributed by atoms with van der Waals surface area (Å²) in [4.78, 5) is 16.0. The minimum absolute atomic E-state index is 0.470. The van der Waals surface area contributed by atoms with Gasteiger partial charge in [-0.2, -0.15) is 13.2 Å². The third-order valence-electron chi connectivity index (χ3n) is 4.65. The number of aromatic nitrogens is 3. The molecule has 3 aromatic rings. The average Bonchev–Trinajstić information content (AvgIpc) is 3.19. The van der Waals surface area contributed by atoms with Crippen LogP contribution in [-0.4, -0.2) is 41.1 Å². The standard InChI is InChI=1S/C19H18F3N5/c20-19(21,22)15-4-1-3-14(11-15)17-13-24-18(25-17)27-9-7-26(8-10-27)16-5-2-6-23-12-16/h1-6,11-13H,7-10H2,(H,24,25). The summed E-state index contributed by atoms with van der Waals surface area (Å²) in [5.41, 5.74) is 1.46. The number of nitrogens with one attached hydrogen (secondary N) is 1. The summed E-state index contributed by atoms with van der Waals surface area (Å²) >= 11 is 0. The Morgan fingerprint density at radius 2 is 1.70 bits per heavy atom. The molecule has 5 nitrogen and oxygen atoms in total. The maximum absolute atomic E-state index is 12.9. The van der Waals surface area contributed by atoms with E-state index in [1.807, 2.05) is 18.3 Å².